The van der Waals surface area contributed by atoms with Crippen molar-refractivity contribution in [2.45, 2.75) is 37.9 Å². The normalized spacial score (nSPS) is 20.7. The van der Waals surface area contributed by atoms with Gasteiger partial charge in [0.2, 0.25) is 5.91 Å². The number of amides is 2. The van der Waals surface area contributed by atoms with Crippen molar-refractivity contribution in [3.05, 3.63) is 29.3 Å². The first-order valence-electron chi connectivity index (χ1n) is 8.39. The van der Waals surface area contributed by atoms with Crippen LogP contribution in [0.2, 0.25) is 0 Å². The molecule has 2 N–H and O–H groups in total. The van der Waals surface area contributed by atoms with E-state index in [1.807, 2.05) is 0 Å². The van der Waals surface area contributed by atoms with Crippen LogP contribution in [0.15, 0.2) is 18.2 Å². The molecule has 0 spiro atoms. The van der Waals surface area contributed by atoms with Crippen molar-refractivity contribution in [2.24, 2.45) is 0 Å². The number of alkyl halides is 3. The van der Waals surface area contributed by atoms with Gasteiger partial charge in [0.15, 0.2) is 0 Å². The van der Waals surface area contributed by atoms with E-state index in [4.69, 9.17) is 0 Å². The summed E-state index contributed by atoms with van der Waals surface area (Å²) in [5.74, 6) is -0.769. The first kappa shape index (κ1) is 20.5. The second-order valence-electron chi connectivity index (χ2n) is 6.43. The van der Waals surface area contributed by atoms with E-state index < -0.39 is 17.6 Å². The molecule has 1 aromatic carbocycles. The Morgan fingerprint density at radius 3 is 2.58 bits per heavy atom. The fourth-order valence-corrected chi connectivity index (χ4v) is 3.23. The van der Waals surface area contributed by atoms with Gasteiger partial charge in [-0.3, -0.25) is 9.59 Å². The minimum absolute atomic E-state index is 0. The van der Waals surface area contributed by atoms with Gasteiger partial charge in [-0.15, -0.1) is 12.4 Å². The number of benzene rings is 1. The molecule has 2 fully saturated rings. The van der Waals surface area contributed by atoms with Crippen LogP contribution < -0.4 is 15.5 Å². The number of anilines is 1. The highest BCUT2D eigenvalue weighted by Gasteiger charge is 2.33. The molecule has 2 aliphatic heterocycles. The number of carbonyl (C=O) groups is 2. The molecule has 2 amide bonds. The fourth-order valence-electron chi connectivity index (χ4n) is 3.23. The summed E-state index contributed by atoms with van der Waals surface area (Å²) in [7, 11) is 0. The van der Waals surface area contributed by atoms with Crippen molar-refractivity contribution < 1.29 is 22.8 Å². The van der Waals surface area contributed by atoms with Crippen LogP contribution >= 0.6 is 12.4 Å². The molecule has 0 aromatic heterocycles. The zero-order chi connectivity index (χ0) is 18.0. The third kappa shape index (κ3) is 4.67. The second-order valence-corrected chi connectivity index (χ2v) is 6.43. The Bertz CT molecular complexity index is 676. The molecule has 0 saturated carbocycles. The summed E-state index contributed by atoms with van der Waals surface area (Å²) in [6, 6.07) is 3.04. The van der Waals surface area contributed by atoms with Gasteiger partial charge < -0.3 is 15.5 Å². The Morgan fingerprint density at radius 2 is 2.00 bits per heavy atom. The molecule has 3 rings (SSSR count). The maximum Gasteiger partial charge on any atom is 0.416 e. The van der Waals surface area contributed by atoms with E-state index in [0.29, 0.717) is 25.9 Å². The zero-order valence-electron chi connectivity index (χ0n) is 14.1. The first-order chi connectivity index (χ1) is 11.8. The van der Waals surface area contributed by atoms with Crippen molar-refractivity contribution in [1.82, 2.24) is 10.6 Å². The van der Waals surface area contributed by atoms with Crippen molar-refractivity contribution in [2.75, 3.05) is 24.5 Å². The van der Waals surface area contributed by atoms with E-state index in [1.54, 1.807) is 0 Å². The molecule has 1 aromatic rings. The minimum Gasteiger partial charge on any atom is -0.348 e. The van der Waals surface area contributed by atoms with Gasteiger partial charge in [-0.25, -0.2) is 0 Å². The summed E-state index contributed by atoms with van der Waals surface area (Å²) in [5, 5.41) is 5.91. The van der Waals surface area contributed by atoms with E-state index in [1.165, 1.54) is 11.0 Å². The molecule has 9 heteroatoms. The molecule has 1 atom stereocenters. The maximum absolute atomic E-state index is 13.2. The van der Waals surface area contributed by atoms with Crippen LogP contribution in [-0.4, -0.2) is 37.5 Å². The van der Waals surface area contributed by atoms with E-state index >= 15 is 0 Å². The molecule has 2 aliphatic rings. The van der Waals surface area contributed by atoms with Gasteiger partial charge in [0.25, 0.3) is 5.91 Å². The lowest BCUT2D eigenvalue weighted by molar-refractivity contribution is -0.137. The molecule has 0 unspecified atom stereocenters. The monoisotopic (exact) mass is 391 g/mol. The number of hydrogen-bond donors (Lipinski definition) is 2. The highest BCUT2D eigenvalue weighted by molar-refractivity contribution is 5.99. The van der Waals surface area contributed by atoms with Crippen LogP contribution in [0, 0.1) is 0 Å². The van der Waals surface area contributed by atoms with Gasteiger partial charge in [0, 0.05) is 36.8 Å². The quantitative estimate of drug-likeness (QED) is 0.833. The lowest BCUT2D eigenvalue weighted by Gasteiger charge is -2.24. The van der Waals surface area contributed by atoms with E-state index in [9.17, 15) is 22.8 Å². The predicted molar refractivity (Wildman–Crippen MR) is 93.6 cm³/mol. The van der Waals surface area contributed by atoms with Gasteiger partial charge in [0.05, 0.1) is 5.56 Å². The van der Waals surface area contributed by atoms with Crippen LogP contribution in [-0.2, 0) is 11.0 Å². The molecular weight excluding hydrogens is 371 g/mol. The molecule has 5 nitrogen and oxygen atoms in total. The number of nitrogens with one attached hydrogen (secondary N) is 2. The summed E-state index contributed by atoms with van der Waals surface area (Å²) in [5.41, 5.74) is -0.865. The standard InChI is InChI=1S/C17H20F3N3O2.ClH/c18-17(19,20)12-7-11(16(25)22-13-3-1-5-21-10-13)8-14(9-12)23-6-2-4-15(23)24;/h7-9,13,21H,1-6,10H2,(H,22,25);1H/t13-;/m0./s1. The molecule has 0 radical (unpaired) electrons. The third-order valence-electron chi connectivity index (χ3n) is 4.52. The maximum atomic E-state index is 13.2. The van der Waals surface area contributed by atoms with Crippen molar-refractivity contribution in [3.8, 4) is 0 Å². The predicted octanol–water partition coefficient (Wildman–Crippen LogP) is 2.74. The van der Waals surface area contributed by atoms with Crippen LogP contribution in [0.3, 0.4) is 0 Å². The average Bonchev–Trinajstić information content (AvgIpc) is 3.00. The Labute approximate surface area is 155 Å². The number of nitrogens with zero attached hydrogens (tertiary/aromatic N) is 1. The molecule has 26 heavy (non-hydrogen) atoms. The summed E-state index contributed by atoms with van der Waals surface area (Å²) < 4.78 is 39.6. The average molecular weight is 392 g/mol. The molecule has 144 valence electrons. The Balaban J connectivity index is 0.00000243. The number of rotatable bonds is 3. The zero-order valence-corrected chi connectivity index (χ0v) is 14.9. The van der Waals surface area contributed by atoms with E-state index in [-0.39, 0.29) is 35.6 Å². The van der Waals surface area contributed by atoms with Crippen LogP contribution in [0.1, 0.15) is 41.6 Å². The van der Waals surface area contributed by atoms with Crippen LogP contribution in [0.25, 0.3) is 0 Å². The molecule has 0 bridgehead atoms. The van der Waals surface area contributed by atoms with Gasteiger partial charge in [0.1, 0.15) is 0 Å². The smallest absolute Gasteiger partial charge is 0.348 e. The summed E-state index contributed by atoms with van der Waals surface area (Å²) in [6.45, 7) is 1.84. The molecular formula is C17H21ClF3N3O2. The first-order valence-corrected chi connectivity index (χ1v) is 8.39. The number of carbonyl (C=O) groups excluding carboxylic acids is 2. The van der Waals surface area contributed by atoms with Crippen LogP contribution in [0.5, 0.6) is 0 Å². The summed E-state index contributed by atoms with van der Waals surface area (Å²) >= 11 is 0. The molecule has 2 saturated heterocycles. The van der Waals surface area contributed by atoms with Gasteiger partial charge in [-0.05, 0) is 44.0 Å². The molecule has 0 aliphatic carbocycles. The summed E-state index contributed by atoms with van der Waals surface area (Å²) in [6.07, 6.45) is -1.98. The van der Waals surface area contributed by atoms with Gasteiger partial charge in [-0.2, -0.15) is 13.2 Å². The van der Waals surface area contributed by atoms with E-state index in [2.05, 4.69) is 10.6 Å². The lowest BCUT2D eigenvalue weighted by Crippen LogP contribution is -2.45. The second kappa shape index (κ2) is 8.26. The topological polar surface area (TPSA) is 61.4 Å². The van der Waals surface area contributed by atoms with Crippen molar-refractivity contribution in [3.63, 3.8) is 0 Å². The number of hydrogen-bond acceptors (Lipinski definition) is 3. The molecule has 2 heterocycles. The van der Waals surface area contributed by atoms with E-state index in [0.717, 1.165) is 31.5 Å². The fraction of sp³-hybridized carbons (Fsp3) is 0.529. The lowest BCUT2D eigenvalue weighted by atomic mass is 10.0. The number of piperidine rings is 1. The van der Waals surface area contributed by atoms with Gasteiger partial charge in [-0.1, -0.05) is 0 Å². The van der Waals surface area contributed by atoms with Crippen molar-refractivity contribution >= 4 is 29.9 Å². The Hall–Kier alpha value is -1.80. The largest absolute Gasteiger partial charge is 0.416 e. The Kier molecular flexibility index (Phi) is 6.52. The third-order valence-corrected chi connectivity index (χ3v) is 4.52. The minimum atomic E-state index is -4.58. The highest BCUT2D eigenvalue weighted by Crippen LogP contribution is 2.34. The van der Waals surface area contributed by atoms with Gasteiger partial charge >= 0.3 is 6.18 Å². The highest BCUT2D eigenvalue weighted by atomic mass is 35.5. The van der Waals surface area contributed by atoms with Crippen LogP contribution in [0.4, 0.5) is 18.9 Å². The number of halogens is 4. The SMILES string of the molecule is Cl.O=C(N[C@H]1CCCNC1)c1cc(N2CCCC2=O)cc(C(F)(F)F)c1. The Morgan fingerprint density at radius 1 is 1.23 bits per heavy atom. The summed E-state index contributed by atoms with van der Waals surface area (Å²) in [4.78, 5) is 25.6. The van der Waals surface area contributed by atoms with Crippen molar-refractivity contribution in [1.29, 1.82) is 0 Å².